The number of nitriles is 1. The number of halogens is 3. The fourth-order valence-electron chi connectivity index (χ4n) is 2.67. The number of rotatable bonds is 6. The Balaban J connectivity index is 2.03. The van der Waals surface area contributed by atoms with E-state index in [1.54, 1.807) is 29.2 Å². The lowest BCUT2D eigenvalue weighted by molar-refractivity contribution is -0.141. The van der Waals surface area contributed by atoms with Gasteiger partial charge in [-0.2, -0.15) is 33.0 Å². The molecule has 3 rings (SSSR count). The minimum Gasteiger partial charge on any atom is -0.351 e. The summed E-state index contributed by atoms with van der Waals surface area (Å²) in [6.45, 7) is 1.43. The molecule has 0 radical (unpaired) electrons. The molecule has 0 aliphatic carbocycles. The first-order valence-electron chi connectivity index (χ1n) is 8.44. The normalized spacial score (nSPS) is 11.8. The molecule has 0 amide bonds. The Morgan fingerprint density at radius 3 is 2.46 bits per heavy atom. The van der Waals surface area contributed by atoms with Gasteiger partial charge in [-0.3, -0.25) is 0 Å². The average Bonchev–Trinajstić information content (AvgIpc) is 3.13. The van der Waals surface area contributed by atoms with Gasteiger partial charge in [0.05, 0.1) is 11.6 Å². The van der Waals surface area contributed by atoms with Crippen molar-refractivity contribution in [2.45, 2.75) is 12.7 Å². The van der Waals surface area contributed by atoms with E-state index < -0.39 is 11.9 Å². The maximum atomic E-state index is 13.3. The van der Waals surface area contributed by atoms with Crippen molar-refractivity contribution in [3.63, 3.8) is 0 Å². The maximum Gasteiger partial charge on any atom is 0.433 e. The summed E-state index contributed by atoms with van der Waals surface area (Å²) >= 11 is 0. The Hall–Kier alpha value is -3.19. The van der Waals surface area contributed by atoms with E-state index in [1.165, 1.54) is 10.8 Å². The average molecular weight is 389 g/mol. The van der Waals surface area contributed by atoms with Gasteiger partial charge in [0.25, 0.3) is 5.78 Å². The fourth-order valence-corrected chi connectivity index (χ4v) is 2.67. The van der Waals surface area contributed by atoms with Gasteiger partial charge >= 0.3 is 6.18 Å². The summed E-state index contributed by atoms with van der Waals surface area (Å²) in [5.41, 5.74) is 0.361. The number of alkyl halides is 3. The molecule has 0 fully saturated rings. The molecule has 0 bridgehead atoms. The molecule has 0 unspecified atom stereocenters. The highest BCUT2D eigenvalue weighted by Crippen LogP contribution is 2.31. The van der Waals surface area contributed by atoms with E-state index in [2.05, 4.69) is 15.1 Å². The number of hydrogen-bond acceptors (Lipinski definition) is 6. The molecule has 0 N–H and O–H groups in total. The number of benzene rings is 1. The second kappa shape index (κ2) is 7.82. The molecule has 0 atom stereocenters. The van der Waals surface area contributed by atoms with Crippen LogP contribution in [0, 0.1) is 11.3 Å². The standard InChI is InChI=1S/C18H18F3N7/c1-26(2)7-8-27(11-14-5-3-13(10-22)4-6-14)16-9-15(18(19,20)21)25-17-23-12-24-28(16)17/h3-6,9,12H,7-8,11H2,1-2H3. The zero-order valence-corrected chi connectivity index (χ0v) is 15.3. The molecule has 0 saturated heterocycles. The molecule has 0 saturated carbocycles. The van der Waals surface area contributed by atoms with Crippen molar-refractivity contribution in [3.8, 4) is 6.07 Å². The van der Waals surface area contributed by atoms with Gasteiger partial charge in [0.2, 0.25) is 0 Å². The van der Waals surface area contributed by atoms with Crippen LogP contribution in [0.5, 0.6) is 0 Å². The van der Waals surface area contributed by atoms with Gasteiger partial charge in [-0.15, -0.1) is 0 Å². The van der Waals surface area contributed by atoms with E-state index in [0.717, 1.165) is 11.6 Å². The second-order valence-corrected chi connectivity index (χ2v) is 6.50. The fraction of sp³-hybridized carbons (Fsp3) is 0.333. The quantitative estimate of drug-likeness (QED) is 0.645. The minimum atomic E-state index is -4.59. The van der Waals surface area contributed by atoms with Gasteiger partial charge < -0.3 is 9.80 Å². The van der Waals surface area contributed by atoms with Crippen LogP contribution in [0.4, 0.5) is 19.0 Å². The highest BCUT2D eigenvalue weighted by molar-refractivity contribution is 5.49. The Morgan fingerprint density at radius 1 is 1.14 bits per heavy atom. The first-order chi connectivity index (χ1) is 13.3. The van der Waals surface area contributed by atoms with Gasteiger partial charge in [-0.1, -0.05) is 12.1 Å². The highest BCUT2D eigenvalue weighted by Gasteiger charge is 2.34. The lowest BCUT2D eigenvalue weighted by Gasteiger charge is -2.27. The molecule has 10 heteroatoms. The first-order valence-corrected chi connectivity index (χ1v) is 8.44. The molecule has 3 aromatic rings. The van der Waals surface area contributed by atoms with Gasteiger partial charge in [0.15, 0.2) is 5.69 Å². The summed E-state index contributed by atoms with van der Waals surface area (Å²) in [5.74, 6) is 0.139. The van der Waals surface area contributed by atoms with Gasteiger partial charge in [0, 0.05) is 25.7 Å². The van der Waals surface area contributed by atoms with Crippen LogP contribution in [0.25, 0.3) is 5.78 Å². The van der Waals surface area contributed by atoms with Crippen LogP contribution in [-0.4, -0.2) is 51.7 Å². The molecular weight excluding hydrogens is 371 g/mol. The topological polar surface area (TPSA) is 73.3 Å². The number of fused-ring (bicyclic) bond motifs is 1. The van der Waals surface area contributed by atoms with E-state index in [1.807, 2.05) is 25.1 Å². The molecule has 28 heavy (non-hydrogen) atoms. The van der Waals surface area contributed by atoms with Gasteiger partial charge in [-0.05, 0) is 31.8 Å². The molecule has 7 nitrogen and oxygen atoms in total. The van der Waals surface area contributed by atoms with Crippen LogP contribution in [0.2, 0.25) is 0 Å². The number of hydrogen-bond donors (Lipinski definition) is 0. The molecule has 2 aromatic heterocycles. The first kappa shape index (κ1) is 19.6. The SMILES string of the molecule is CN(C)CCN(Cc1ccc(C#N)cc1)c1cc(C(F)(F)F)nc2ncnn12. The third kappa shape index (κ3) is 4.37. The van der Waals surface area contributed by atoms with Gasteiger partial charge in [-0.25, -0.2) is 4.98 Å². The number of anilines is 1. The summed E-state index contributed by atoms with van der Waals surface area (Å²) in [6.07, 6.45) is -3.41. The molecule has 2 heterocycles. The Bertz CT molecular complexity index is 987. The van der Waals surface area contributed by atoms with Crippen molar-refractivity contribution in [2.75, 3.05) is 32.1 Å². The molecule has 0 aliphatic rings. The minimum absolute atomic E-state index is 0.112. The van der Waals surface area contributed by atoms with E-state index in [-0.39, 0.29) is 11.6 Å². The summed E-state index contributed by atoms with van der Waals surface area (Å²) in [4.78, 5) is 11.1. The van der Waals surface area contributed by atoms with Crippen molar-refractivity contribution in [3.05, 3.63) is 53.5 Å². The van der Waals surface area contributed by atoms with E-state index in [9.17, 15) is 13.2 Å². The largest absolute Gasteiger partial charge is 0.433 e. The lowest BCUT2D eigenvalue weighted by atomic mass is 10.1. The Labute approximate surface area is 159 Å². The zero-order chi connectivity index (χ0) is 20.3. The van der Waals surface area contributed by atoms with Crippen molar-refractivity contribution in [1.29, 1.82) is 5.26 Å². The van der Waals surface area contributed by atoms with Crippen molar-refractivity contribution < 1.29 is 13.2 Å². The highest BCUT2D eigenvalue weighted by atomic mass is 19.4. The monoisotopic (exact) mass is 389 g/mol. The van der Waals surface area contributed by atoms with Crippen LogP contribution >= 0.6 is 0 Å². The second-order valence-electron chi connectivity index (χ2n) is 6.50. The van der Waals surface area contributed by atoms with Crippen molar-refractivity contribution >= 4 is 11.6 Å². The third-order valence-corrected chi connectivity index (χ3v) is 4.12. The zero-order valence-electron chi connectivity index (χ0n) is 15.3. The molecule has 0 spiro atoms. The summed E-state index contributed by atoms with van der Waals surface area (Å²) < 4.78 is 41.2. The van der Waals surface area contributed by atoms with Crippen LogP contribution in [-0.2, 0) is 12.7 Å². The number of likely N-dealkylation sites (N-methyl/N-ethyl adjacent to an activating group) is 1. The summed E-state index contributed by atoms with van der Waals surface area (Å²) in [6, 6.07) is 9.96. The summed E-state index contributed by atoms with van der Waals surface area (Å²) in [5, 5.41) is 13.0. The Morgan fingerprint density at radius 2 is 1.86 bits per heavy atom. The van der Waals surface area contributed by atoms with E-state index in [0.29, 0.717) is 25.2 Å². The molecular formula is C18H18F3N7. The molecule has 146 valence electrons. The number of nitrogens with zero attached hydrogens (tertiary/aromatic N) is 7. The lowest BCUT2D eigenvalue weighted by Crippen LogP contribution is -2.33. The van der Waals surface area contributed by atoms with E-state index >= 15 is 0 Å². The van der Waals surface area contributed by atoms with Crippen molar-refractivity contribution in [1.82, 2.24) is 24.5 Å². The predicted molar refractivity (Wildman–Crippen MR) is 96.5 cm³/mol. The smallest absolute Gasteiger partial charge is 0.351 e. The van der Waals surface area contributed by atoms with Crippen LogP contribution in [0.15, 0.2) is 36.7 Å². The maximum absolute atomic E-state index is 13.3. The molecule has 0 aliphatic heterocycles. The van der Waals surface area contributed by atoms with Crippen LogP contribution < -0.4 is 4.90 Å². The number of aromatic nitrogens is 4. The Kier molecular flexibility index (Phi) is 5.46. The predicted octanol–water partition coefficient (Wildman–Crippen LogP) is 2.58. The third-order valence-electron chi connectivity index (χ3n) is 4.12. The van der Waals surface area contributed by atoms with Gasteiger partial charge in [0.1, 0.15) is 12.1 Å². The van der Waals surface area contributed by atoms with Crippen molar-refractivity contribution in [2.24, 2.45) is 0 Å². The van der Waals surface area contributed by atoms with Crippen LogP contribution in [0.3, 0.4) is 0 Å². The molecule has 1 aromatic carbocycles. The van der Waals surface area contributed by atoms with E-state index in [4.69, 9.17) is 5.26 Å². The van der Waals surface area contributed by atoms with Crippen LogP contribution in [0.1, 0.15) is 16.8 Å². The summed E-state index contributed by atoms with van der Waals surface area (Å²) in [7, 11) is 3.78.